The molecule has 0 spiro atoms. The third-order valence-electron chi connectivity index (χ3n) is 3.25. The van der Waals surface area contributed by atoms with Crippen molar-refractivity contribution in [1.82, 2.24) is 5.32 Å². The highest BCUT2D eigenvalue weighted by atomic mass is 16.5. The fraction of sp³-hybridized carbons (Fsp3) is 0.917. The fourth-order valence-corrected chi connectivity index (χ4v) is 1.91. The maximum atomic E-state index is 11.7. The van der Waals surface area contributed by atoms with Gasteiger partial charge in [0.2, 0.25) is 5.91 Å². The average Bonchev–Trinajstić information content (AvgIpc) is 2.64. The Morgan fingerprint density at radius 1 is 1.50 bits per heavy atom. The van der Waals surface area contributed by atoms with Gasteiger partial charge in [-0.1, -0.05) is 6.92 Å². The molecule has 0 saturated heterocycles. The van der Waals surface area contributed by atoms with Gasteiger partial charge in [0.05, 0.1) is 6.10 Å². The summed E-state index contributed by atoms with van der Waals surface area (Å²) in [6, 6.07) is 0.301. The quantitative estimate of drug-likeness (QED) is 0.743. The topological polar surface area (TPSA) is 64.3 Å². The summed E-state index contributed by atoms with van der Waals surface area (Å²) in [5.41, 5.74) is 5.90. The van der Waals surface area contributed by atoms with Gasteiger partial charge in [-0.2, -0.15) is 0 Å². The molecule has 0 aliphatic heterocycles. The Hall–Kier alpha value is -0.610. The predicted octanol–water partition coefficient (Wildman–Crippen LogP) is 1.19. The SMILES string of the molecule is CCC(C)NC(=O)C(C)OC1CCCC1N. The molecule has 4 nitrogen and oxygen atoms in total. The first-order chi connectivity index (χ1) is 7.54. The Labute approximate surface area is 97.9 Å². The zero-order valence-electron chi connectivity index (χ0n) is 10.5. The van der Waals surface area contributed by atoms with Crippen LogP contribution in [0.5, 0.6) is 0 Å². The lowest BCUT2D eigenvalue weighted by Crippen LogP contribution is -2.43. The molecule has 0 aromatic heterocycles. The van der Waals surface area contributed by atoms with E-state index in [1.165, 1.54) is 0 Å². The van der Waals surface area contributed by atoms with Gasteiger partial charge in [-0.3, -0.25) is 4.79 Å². The Balaban J connectivity index is 2.33. The second-order valence-corrected chi connectivity index (χ2v) is 4.73. The van der Waals surface area contributed by atoms with E-state index in [0.717, 1.165) is 25.7 Å². The van der Waals surface area contributed by atoms with Gasteiger partial charge in [-0.15, -0.1) is 0 Å². The van der Waals surface area contributed by atoms with Gasteiger partial charge in [0.15, 0.2) is 0 Å². The second kappa shape index (κ2) is 6.21. The number of hydrogen-bond acceptors (Lipinski definition) is 3. The first-order valence-corrected chi connectivity index (χ1v) is 6.26. The lowest BCUT2D eigenvalue weighted by atomic mass is 10.2. The molecule has 0 aromatic rings. The number of ether oxygens (including phenoxy) is 1. The van der Waals surface area contributed by atoms with Crippen LogP contribution in [0.1, 0.15) is 46.5 Å². The normalized spacial score (nSPS) is 28.8. The van der Waals surface area contributed by atoms with Crippen LogP contribution in [-0.2, 0) is 9.53 Å². The minimum absolute atomic E-state index is 0.0338. The molecule has 0 heterocycles. The molecule has 1 fully saturated rings. The van der Waals surface area contributed by atoms with Crippen LogP contribution in [0.3, 0.4) is 0 Å². The predicted molar refractivity (Wildman–Crippen MR) is 64.1 cm³/mol. The van der Waals surface area contributed by atoms with Crippen LogP contribution in [0.15, 0.2) is 0 Å². The van der Waals surface area contributed by atoms with Crippen LogP contribution < -0.4 is 11.1 Å². The largest absolute Gasteiger partial charge is 0.364 e. The summed E-state index contributed by atoms with van der Waals surface area (Å²) in [6.45, 7) is 5.83. The van der Waals surface area contributed by atoms with Gasteiger partial charge in [0.25, 0.3) is 0 Å². The number of nitrogens with one attached hydrogen (secondary N) is 1. The number of carbonyl (C=O) groups excluding carboxylic acids is 1. The Bertz CT molecular complexity index is 233. The third-order valence-corrected chi connectivity index (χ3v) is 3.25. The van der Waals surface area contributed by atoms with E-state index in [9.17, 15) is 4.79 Å². The molecule has 4 heteroatoms. The van der Waals surface area contributed by atoms with Gasteiger partial charge in [0, 0.05) is 12.1 Å². The van der Waals surface area contributed by atoms with Gasteiger partial charge >= 0.3 is 0 Å². The molecule has 1 saturated carbocycles. The number of rotatable bonds is 5. The van der Waals surface area contributed by atoms with E-state index in [1.54, 1.807) is 6.92 Å². The molecule has 0 aromatic carbocycles. The Kier molecular flexibility index (Phi) is 5.22. The second-order valence-electron chi connectivity index (χ2n) is 4.73. The summed E-state index contributed by atoms with van der Waals surface area (Å²) in [7, 11) is 0. The maximum absolute atomic E-state index is 11.7. The van der Waals surface area contributed by atoms with Gasteiger partial charge < -0.3 is 15.8 Å². The number of carbonyl (C=O) groups is 1. The molecule has 94 valence electrons. The van der Waals surface area contributed by atoms with Crippen molar-refractivity contribution in [2.75, 3.05) is 0 Å². The van der Waals surface area contributed by atoms with Crippen LogP contribution in [0.25, 0.3) is 0 Å². The number of amides is 1. The Morgan fingerprint density at radius 3 is 2.69 bits per heavy atom. The molecular formula is C12H24N2O2. The molecule has 1 aliphatic rings. The standard InChI is InChI=1S/C12H24N2O2/c1-4-8(2)14-12(15)9(3)16-11-7-5-6-10(11)13/h8-11H,4-7,13H2,1-3H3,(H,14,15). The van der Waals surface area contributed by atoms with Crippen molar-refractivity contribution in [3.63, 3.8) is 0 Å². The van der Waals surface area contributed by atoms with Gasteiger partial charge in [-0.05, 0) is 39.5 Å². The average molecular weight is 228 g/mol. The van der Waals surface area contributed by atoms with E-state index >= 15 is 0 Å². The zero-order valence-corrected chi connectivity index (χ0v) is 10.5. The summed E-state index contributed by atoms with van der Waals surface area (Å²) >= 11 is 0. The molecule has 1 amide bonds. The van der Waals surface area contributed by atoms with Crippen LogP contribution in [0, 0.1) is 0 Å². The van der Waals surface area contributed by atoms with Crippen molar-refractivity contribution < 1.29 is 9.53 Å². The van der Waals surface area contributed by atoms with E-state index in [4.69, 9.17) is 10.5 Å². The highest BCUT2D eigenvalue weighted by molar-refractivity contribution is 5.80. The van der Waals surface area contributed by atoms with Crippen molar-refractivity contribution in [1.29, 1.82) is 0 Å². The number of hydrogen-bond donors (Lipinski definition) is 2. The molecule has 16 heavy (non-hydrogen) atoms. The van der Waals surface area contributed by atoms with Crippen molar-refractivity contribution in [2.45, 2.75) is 70.7 Å². The van der Waals surface area contributed by atoms with Gasteiger partial charge in [0.1, 0.15) is 6.10 Å². The summed E-state index contributed by atoms with van der Waals surface area (Å²) in [6.07, 6.45) is 3.67. The molecular weight excluding hydrogens is 204 g/mol. The van der Waals surface area contributed by atoms with E-state index in [1.807, 2.05) is 13.8 Å². The fourth-order valence-electron chi connectivity index (χ4n) is 1.91. The minimum Gasteiger partial charge on any atom is -0.364 e. The highest BCUT2D eigenvalue weighted by Crippen LogP contribution is 2.21. The van der Waals surface area contributed by atoms with E-state index in [-0.39, 0.29) is 24.1 Å². The summed E-state index contributed by atoms with van der Waals surface area (Å²) in [5.74, 6) is -0.0338. The minimum atomic E-state index is -0.400. The monoisotopic (exact) mass is 228 g/mol. The molecule has 3 N–H and O–H groups in total. The highest BCUT2D eigenvalue weighted by Gasteiger charge is 2.28. The smallest absolute Gasteiger partial charge is 0.249 e. The van der Waals surface area contributed by atoms with Crippen molar-refractivity contribution in [3.8, 4) is 0 Å². The molecule has 0 radical (unpaired) electrons. The lowest BCUT2D eigenvalue weighted by Gasteiger charge is -2.22. The van der Waals surface area contributed by atoms with E-state index < -0.39 is 6.10 Å². The van der Waals surface area contributed by atoms with Crippen molar-refractivity contribution >= 4 is 5.91 Å². The first-order valence-electron chi connectivity index (χ1n) is 6.26. The van der Waals surface area contributed by atoms with Crippen LogP contribution in [-0.4, -0.2) is 30.2 Å². The van der Waals surface area contributed by atoms with E-state index in [2.05, 4.69) is 5.32 Å². The molecule has 1 aliphatic carbocycles. The van der Waals surface area contributed by atoms with E-state index in [0.29, 0.717) is 0 Å². The third kappa shape index (κ3) is 3.76. The summed E-state index contributed by atoms with van der Waals surface area (Å²) in [4.78, 5) is 11.7. The first kappa shape index (κ1) is 13.5. The Morgan fingerprint density at radius 2 is 2.19 bits per heavy atom. The molecule has 1 rings (SSSR count). The molecule has 4 atom stereocenters. The zero-order chi connectivity index (χ0) is 12.1. The molecule has 4 unspecified atom stereocenters. The molecule has 0 bridgehead atoms. The maximum Gasteiger partial charge on any atom is 0.249 e. The van der Waals surface area contributed by atoms with Gasteiger partial charge in [-0.25, -0.2) is 0 Å². The number of nitrogens with two attached hydrogens (primary N) is 1. The van der Waals surface area contributed by atoms with Crippen molar-refractivity contribution in [2.24, 2.45) is 5.73 Å². The summed E-state index contributed by atoms with van der Waals surface area (Å²) < 4.78 is 5.69. The summed E-state index contributed by atoms with van der Waals surface area (Å²) in [5, 5.41) is 2.91. The lowest BCUT2D eigenvalue weighted by molar-refractivity contribution is -0.136. The van der Waals surface area contributed by atoms with Crippen LogP contribution in [0.2, 0.25) is 0 Å². The van der Waals surface area contributed by atoms with Crippen LogP contribution in [0.4, 0.5) is 0 Å². The van der Waals surface area contributed by atoms with Crippen LogP contribution >= 0.6 is 0 Å². The van der Waals surface area contributed by atoms with Crippen molar-refractivity contribution in [3.05, 3.63) is 0 Å².